The van der Waals surface area contributed by atoms with E-state index in [0.717, 1.165) is 0 Å². The topological polar surface area (TPSA) is 64.6 Å². The summed E-state index contributed by atoms with van der Waals surface area (Å²) in [7, 11) is -0.549. The highest BCUT2D eigenvalue weighted by Gasteiger charge is 2.23. The zero-order valence-corrected chi connectivity index (χ0v) is 10.3. The van der Waals surface area contributed by atoms with E-state index in [0.29, 0.717) is 11.0 Å². The molecule has 1 aromatic carbocycles. The van der Waals surface area contributed by atoms with E-state index >= 15 is 0 Å². The van der Waals surface area contributed by atoms with Gasteiger partial charge in [0.15, 0.2) is 0 Å². The molecule has 0 atom stereocenters. The minimum atomic E-state index is -3.20. The zero-order chi connectivity index (χ0) is 12.2. The van der Waals surface area contributed by atoms with Gasteiger partial charge in [0.25, 0.3) is 0 Å². The van der Waals surface area contributed by atoms with Gasteiger partial charge in [0.2, 0.25) is 5.91 Å². The van der Waals surface area contributed by atoms with E-state index in [1.54, 1.807) is 24.3 Å². The summed E-state index contributed by atoms with van der Waals surface area (Å²) in [4.78, 5) is 10.8. The first-order valence-corrected chi connectivity index (χ1v) is 6.16. The van der Waals surface area contributed by atoms with Crippen LogP contribution >= 0.6 is 7.60 Å². The minimum Gasteiger partial charge on any atom is -0.326 e. The van der Waals surface area contributed by atoms with E-state index in [1.807, 2.05) is 0 Å². The van der Waals surface area contributed by atoms with Crippen molar-refractivity contribution in [2.24, 2.45) is 0 Å². The van der Waals surface area contributed by atoms with Crippen LogP contribution < -0.4 is 10.6 Å². The molecule has 6 heteroatoms. The SMILES string of the molecule is COP(=O)(OC)c1ccc(NC(C)=O)cc1. The Kier molecular flexibility index (Phi) is 4.24. The summed E-state index contributed by atoms with van der Waals surface area (Å²) in [6.45, 7) is 1.42. The molecule has 0 radical (unpaired) electrons. The van der Waals surface area contributed by atoms with Crippen LogP contribution in [-0.2, 0) is 18.4 Å². The van der Waals surface area contributed by atoms with Crippen LogP contribution in [-0.4, -0.2) is 20.1 Å². The van der Waals surface area contributed by atoms with Crippen molar-refractivity contribution >= 4 is 24.5 Å². The molecule has 16 heavy (non-hydrogen) atoms. The minimum absolute atomic E-state index is 0.158. The van der Waals surface area contributed by atoms with Crippen LogP contribution in [0.1, 0.15) is 6.92 Å². The van der Waals surface area contributed by atoms with Crippen LogP contribution in [0.2, 0.25) is 0 Å². The van der Waals surface area contributed by atoms with Gasteiger partial charge in [-0.3, -0.25) is 9.36 Å². The molecule has 1 rings (SSSR count). The van der Waals surface area contributed by atoms with Crippen LogP contribution in [0, 0.1) is 0 Å². The number of rotatable bonds is 4. The van der Waals surface area contributed by atoms with Crippen LogP contribution in [0.15, 0.2) is 24.3 Å². The summed E-state index contributed by atoms with van der Waals surface area (Å²) in [5.41, 5.74) is 0.634. The first kappa shape index (κ1) is 12.9. The summed E-state index contributed by atoms with van der Waals surface area (Å²) >= 11 is 0. The Hall–Kier alpha value is -1.16. The maximum absolute atomic E-state index is 12.0. The lowest BCUT2D eigenvalue weighted by molar-refractivity contribution is -0.114. The molecule has 1 aromatic rings. The van der Waals surface area contributed by atoms with Crippen LogP contribution in [0.25, 0.3) is 0 Å². The third-order valence-electron chi connectivity index (χ3n) is 1.98. The average molecular weight is 243 g/mol. The molecule has 0 unspecified atom stereocenters. The number of anilines is 1. The van der Waals surface area contributed by atoms with Crippen molar-refractivity contribution in [3.63, 3.8) is 0 Å². The van der Waals surface area contributed by atoms with E-state index in [9.17, 15) is 9.36 Å². The van der Waals surface area contributed by atoms with Gasteiger partial charge in [-0.15, -0.1) is 0 Å². The molecule has 0 spiro atoms. The highest BCUT2D eigenvalue weighted by Crippen LogP contribution is 2.44. The maximum Gasteiger partial charge on any atom is 0.360 e. The average Bonchev–Trinajstić information content (AvgIpc) is 2.28. The molecule has 5 nitrogen and oxygen atoms in total. The maximum atomic E-state index is 12.0. The number of carbonyl (C=O) groups excluding carboxylic acids is 1. The lowest BCUT2D eigenvalue weighted by Gasteiger charge is -2.13. The summed E-state index contributed by atoms with van der Waals surface area (Å²) in [5, 5.41) is 3.06. The highest BCUT2D eigenvalue weighted by molar-refractivity contribution is 7.62. The lowest BCUT2D eigenvalue weighted by Crippen LogP contribution is -2.10. The molecule has 0 saturated heterocycles. The van der Waals surface area contributed by atoms with Gasteiger partial charge in [-0.1, -0.05) is 0 Å². The molecule has 0 fully saturated rings. The number of nitrogens with one attached hydrogen (secondary N) is 1. The van der Waals surface area contributed by atoms with Crippen LogP contribution in [0.5, 0.6) is 0 Å². The number of carbonyl (C=O) groups is 1. The number of hydrogen-bond acceptors (Lipinski definition) is 4. The predicted molar refractivity (Wildman–Crippen MR) is 62.0 cm³/mol. The molecule has 1 N–H and O–H groups in total. The van der Waals surface area contributed by atoms with Gasteiger partial charge in [0, 0.05) is 26.8 Å². The first-order valence-electron chi connectivity index (χ1n) is 4.61. The fourth-order valence-electron chi connectivity index (χ4n) is 1.22. The molecule has 1 amide bonds. The van der Waals surface area contributed by atoms with Crippen LogP contribution in [0.3, 0.4) is 0 Å². The Labute approximate surface area is 94.3 Å². The first-order chi connectivity index (χ1) is 7.51. The van der Waals surface area contributed by atoms with E-state index in [4.69, 9.17) is 9.05 Å². The molecule has 0 aliphatic heterocycles. The molecular weight excluding hydrogens is 229 g/mol. The Bertz CT molecular complexity index is 407. The smallest absolute Gasteiger partial charge is 0.326 e. The molecule has 0 aliphatic rings. The van der Waals surface area contributed by atoms with Gasteiger partial charge < -0.3 is 14.4 Å². The highest BCUT2D eigenvalue weighted by atomic mass is 31.2. The Morgan fingerprint density at radius 1 is 1.19 bits per heavy atom. The third-order valence-corrected chi connectivity index (χ3v) is 3.88. The Morgan fingerprint density at radius 2 is 1.69 bits per heavy atom. The van der Waals surface area contributed by atoms with Crippen molar-refractivity contribution in [1.29, 1.82) is 0 Å². The number of amides is 1. The van der Waals surface area contributed by atoms with Gasteiger partial charge in [0.05, 0.1) is 5.30 Å². The normalized spacial score (nSPS) is 11.2. The summed E-state index contributed by atoms with van der Waals surface area (Å²) in [6.07, 6.45) is 0. The van der Waals surface area contributed by atoms with Gasteiger partial charge in [0.1, 0.15) is 0 Å². The number of benzene rings is 1. The summed E-state index contributed by atoms with van der Waals surface area (Å²) in [5.74, 6) is -0.158. The quantitative estimate of drug-likeness (QED) is 0.818. The van der Waals surface area contributed by atoms with Gasteiger partial charge >= 0.3 is 7.60 Å². The van der Waals surface area contributed by atoms with Crippen molar-refractivity contribution in [2.75, 3.05) is 19.5 Å². The van der Waals surface area contributed by atoms with Gasteiger partial charge in [-0.05, 0) is 24.3 Å². The van der Waals surface area contributed by atoms with Crippen molar-refractivity contribution in [2.45, 2.75) is 6.92 Å². The standard InChI is InChI=1S/C10H14NO4P/c1-8(12)11-9-4-6-10(7-5-9)16(13,14-2)15-3/h4-7H,1-3H3,(H,11,12). The van der Waals surface area contributed by atoms with Gasteiger partial charge in [-0.25, -0.2) is 0 Å². The third kappa shape index (κ3) is 2.92. The van der Waals surface area contributed by atoms with E-state index in [1.165, 1.54) is 21.1 Å². The second-order valence-corrected chi connectivity index (χ2v) is 5.33. The van der Waals surface area contributed by atoms with E-state index in [-0.39, 0.29) is 5.91 Å². The molecular formula is C10H14NO4P. The summed E-state index contributed by atoms with van der Waals surface area (Å²) in [6, 6.07) is 6.47. The fourth-order valence-corrected chi connectivity index (χ4v) is 2.30. The second kappa shape index (κ2) is 5.25. The number of hydrogen-bond donors (Lipinski definition) is 1. The molecule has 0 saturated carbocycles. The van der Waals surface area contributed by atoms with Crippen molar-refractivity contribution in [3.8, 4) is 0 Å². The predicted octanol–water partition coefficient (Wildman–Crippen LogP) is 1.76. The van der Waals surface area contributed by atoms with E-state index in [2.05, 4.69) is 5.32 Å². The lowest BCUT2D eigenvalue weighted by atomic mass is 10.3. The second-order valence-electron chi connectivity index (χ2n) is 3.09. The Morgan fingerprint density at radius 3 is 2.06 bits per heavy atom. The van der Waals surface area contributed by atoms with Gasteiger partial charge in [-0.2, -0.15) is 0 Å². The molecule has 0 bridgehead atoms. The molecule has 0 aromatic heterocycles. The Balaban J connectivity index is 2.94. The molecule has 88 valence electrons. The molecule has 0 aliphatic carbocycles. The van der Waals surface area contributed by atoms with Crippen molar-refractivity contribution in [1.82, 2.24) is 0 Å². The van der Waals surface area contributed by atoms with E-state index < -0.39 is 7.60 Å². The van der Waals surface area contributed by atoms with Crippen molar-refractivity contribution < 1.29 is 18.4 Å². The van der Waals surface area contributed by atoms with Crippen molar-refractivity contribution in [3.05, 3.63) is 24.3 Å². The zero-order valence-electron chi connectivity index (χ0n) is 9.39. The van der Waals surface area contributed by atoms with Crippen LogP contribution in [0.4, 0.5) is 5.69 Å². The largest absolute Gasteiger partial charge is 0.360 e. The fraction of sp³-hybridized carbons (Fsp3) is 0.300. The monoisotopic (exact) mass is 243 g/mol. The summed E-state index contributed by atoms with van der Waals surface area (Å²) < 4.78 is 21.6. The molecule has 0 heterocycles.